The highest BCUT2D eigenvalue weighted by Crippen LogP contribution is 2.27. The first-order chi connectivity index (χ1) is 13.6. The summed E-state index contributed by atoms with van der Waals surface area (Å²) in [5, 5.41) is 0.413. The molecule has 4 heterocycles. The van der Waals surface area contributed by atoms with Crippen molar-refractivity contribution < 1.29 is 14.3 Å². The molecule has 3 aliphatic rings. The number of amides is 2. The van der Waals surface area contributed by atoms with Gasteiger partial charge in [-0.1, -0.05) is 11.6 Å². The van der Waals surface area contributed by atoms with E-state index in [1.807, 2.05) is 0 Å². The summed E-state index contributed by atoms with van der Waals surface area (Å²) < 4.78 is 5.56. The van der Waals surface area contributed by atoms with Crippen molar-refractivity contribution in [3.05, 3.63) is 17.5 Å². The fourth-order valence-corrected chi connectivity index (χ4v) is 4.30. The van der Waals surface area contributed by atoms with E-state index in [1.165, 1.54) is 4.90 Å². The van der Waals surface area contributed by atoms with Crippen LogP contribution in [-0.4, -0.2) is 83.1 Å². The highest BCUT2D eigenvalue weighted by molar-refractivity contribution is 6.29. The minimum atomic E-state index is -0.404. The summed E-state index contributed by atoms with van der Waals surface area (Å²) in [5.74, 6) is 0.538. The van der Waals surface area contributed by atoms with Crippen molar-refractivity contribution in [2.75, 3.05) is 44.2 Å². The van der Waals surface area contributed by atoms with E-state index in [4.69, 9.17) is 16.3 Å². The SMILES string of the molecule is O=C1C2CCCC(O2)C(=O)N1CCCCN1CCN(c2cncc(Cl)n2)CC1. The maximum atomic E-state index is 12.4. The maximum absolute atomic E-state index is 12.4. The van der Waals surface area contributed by atoms with Crippen LogP contribution in [0.4, 0.5) is 5.82 Å². The van der Waals surface area contributed by atoms with Crippen molar-refractivity contribution in [3.8, 4) is 0 Å². The summed E-state index contributed by atoms with van der Waals surface area (Å²) in [4.78, 5) is 39.2. The molecule has 0 aromatic carbocycles. The van der Waals surface area contributed by atoms with Crippen LogP contribution in [0, 0.1) is 0 Å². The first-order valence-electron chi connectivity index (χ1n) is 10.1. The van der Waals surface area contributed by atoms with Crippen molar-refractivity contribution >= 4 is 29.2 Å². The molecule has 9 heteroatoms. The number of hydrogen-bond donors (Lipinski definition) is 0. The number of halogens is 1. The molecule has 3 saturated heterocycles. The summed E-state index contributed by atoms with van der Waals surface area (Å²) in [7, 11) is 0. The van der Waals surface area contributed by atoms with Crippen molar-refractivity contribution in [1.82, 2.24) is 19.8 Å². The average Bonchev–Trinajstić information content (AvgIpc) is 2.73. The molecule has 3 aliphatic heterocycles. The summed E-state index contributed by atoms with van der Waals surface area (Å²) in [6.07, 6.45) is 6.64. The third-order valence-corrected chi connectivity index (χ3v) is 5.92. The molecule has 8 nitrogen and oxygen atoms in total. The van der Waals surface area contributed by atoms with Gasteiger partial charge >= 0.3 is 0 Å². The summed E-state index contributed by atoms with van der Waals surface area (Å²) in [6.45, 7) is 5.15. The molecule has 152 valence electrons. The van der Waals surface area contributed by atoms with E-state index in [0.717, 1.165) is 70.6 Å². The molecule has 3 fully saturated rings. The molecule has 0 saturated carbocycles. The molecule has 4 rings (SSSR count). The van der Waals surface area contributed by atoms with Gasteiger partial charge in [-0.05, 0) is 38.6 Å². The lowest BCUT2D eigenvalue weighted by molar-refractivity contribution is -0.182. The van der Waals surface area contributed by atoms with E-state index >= 15 is 0 Å². The van der Waals surface area contributed by atoms with Crippen LogP contribution in [0.3, 0.4) is 0 Å². The van der Waals surface area contributed by atoms with E-state index in [9.17, 15) is 9.59 Å². The number of likely N-dealkylation sites (tertiary alicyclic amines) is 1. The highest BCUT2D eigenvalue weighted by Gasteiger charge is 2.43. The van der Waals surface area contributed by atoms with E-state index < -0.39 is 12.2 Å². The van der Waals surface area contributed by atoms with Gasteiger partial charge in [-0.2, -0.15) is 0 Å². The lowest BCUT2D eigenvalue weighted by Crippen LogP contribution is -2.57. The molecular weight excluding hydrogens is 382 g/mol. The molecule has 2 amide bonds. The zero-order valence-corrected chi connectivity index (χ0v) is 16.7. The van der Waals surface area contributed by atoms with Gasteiger partial charge in [-0.25, -0.2) is 4.98 Å². The van der Waals surface area contributed by atoms with Crippen molar-refractivity contribution in [1.29, 1.82) is 0 Å². The molecule has 2 bridgehead atoms. The van der Waals surface area contributed by atoms with Gasteiger partial charge < -0.3 is 9.64 Å². The van der Waals surface area contributed by atoms with Crippen LogP contribution < -0.4 is 4.90 Å². The number of nitrogens with zero attached hydrogens (tertiary/aromatic N) is 5. The van der Waals surface area contributed by atoms with Crippen LogP contribution in [0.2, 0.25) is 5.15 Å². The van der Waals surface area contributed by atoms with Gasteiger partial charge in [0.05, 0.1) is 12.4 Å². The Morgan fingerprint density at radius 3 is 2.36 bits per heavy atom. The Morgan fingerprint density at radius 2 is 1.68 bits per heavy atom. The van der Waals surface area contributed by atoms with Gasteiger partial charge in [0.25, 0.3) is 11.8 Å². The topological polar surface area (TPSA) is 78.9 Å². The number of unbranched alkanes of at least 4 members (excludes halogenated alkanes) is 1. The van der Waals surface area contributed by atoms with Crippen LogP contribution in [0.15, 0.2) is 12.4 Å². The van der Waals surface area contributed by atoms with Crippen molar-refractivity contribution in [2.24, 2.45) is 0 Å². The largest absolute Gasteiger partial charge is 0.355 e. The predicted molar refractivity (Wildman–Crippen MR) is 104 cm³/mol. The third-order valence-electron chi connectivity index (χ3n) is 5.74. The lowest BCUT2D eigenvalue weighted by Gasteiger charge is -2.39. The highest BCUT2D eigenvalue weighted by atomic mass is 35.5. The smallest absolute Gasteiger partial charge is 0.258 e. The van der Waals surface area contributed by atoms with Crippen molar-refractivity contribution in [2.45, 2.75) is 44.3 Å². The zero-order valence-electron chi connectivity index (χ0n) is 15.9. The van der Waals surface area contributed by atoms with Gasteiger partial charge in [-0.15, -0.1) is 0 Å². The number of anilines is 1. The van der Waals surface area contributed by atoms with E-state index in [-0.39, 0.29) is 11.8 Å². The molecule has 0 radical (unpaired) electrons. The standard InChI is InChI=1S/C19H26ClN5O3/c20-16-12-21-13-17(22-16)24-10-8-23(9-11-24)6-1-2-7-25-18(26)14-4-3-5-15(28-14)19(25)27/h12-15H,1-11H2. The Balaban J connectivity index is 1.18. The zero-order chi connectivity index (χ0) is 19.5. The van der Waals surface area contributed by atoms with Gasteiger partial charge in [0.1, 0.15) is 23.2 Å². The number of carbonyl (C=O) groups excluding carboxylic acids is 2. The number of morpholine rings is 1. The summed E-state index contributed by atoms with van der Waals surface area (Å²) in [6, 6.07) is 0. The average molecular weight is 408 g/mol. The lowest BCUT2D eigenvalue weighted by atomic mass is 9.98. The quantitative estimate of drug-likeness (QED) is 0.520. The van der Waals surface area contributed by atoms with Gasteiger partial charge in [0.15, 0.2) is 0 Å². The van der Waals surface area contributed by atoms with Crippen LogP contribution in [0.5, 0.6) is 0 Å². The van der Waals surface area contributed by atoms with Crippen molar-refractivity contribution in [3.63, 3.8) is 0 Å². The number of hydrogen-bond acceptors (Lipinski definition) is 7. The fraction of sp³-hybridized carbons (Fsp3) is 0.684. The summed E-state index contributed by atoms with van der Waals surface area (Å²) >= 11 is 5.92. The molecule has 2 unspecified atom stereocenters. The van der Waals surface area contributed by atoms with E-state index in [2.05, 4.69) is 19.8 Å². The minimum absolute atomic E-state index is 0.141. The molecule has 1 aromatic heterocycles. The van der Waals surface area contributed by atoms with Gasteiger partial charge in [-0.3, -0.25) is 24.4 Å². The maximum Gasteiger partial charge on any atom is 0.258 e. The second-order valence-electron chi connectivity index (χ2n) is 7.61. The second kappa shape index (κ2) is 8.71. The first kappa shape index (κ1) is 19.5. The Labute approximate surface area is 169 Å². The number of fused-ring (bicyclic) bond motifs is 2. The number of ether oxygens (including phenoxy) is 1. The molecule has 0 spiro atoms. The molecule has 0 N–H and O–H groups in total. The van der Waals surface area contributed by atoms with Crippen LogP contribution in [0.25, 0.3) is 0 Å². The Kier molecular flexibility index (Phi) is 6.08. The monoisotopic (exact) mass is 407 g/mol. The Bertz CT molecular complexity index is 703. The third kappa shape index (κ3) is 4.29. The Hall–Kier alpha value is -1.77. The van der Waals surface area contributed by atoms with Crippen LogP contribution >= 0.6 is 11.6 Å². The molecule has 28 heavy (non-hydrogen) atoms. The molecular formula is C19H26ClN5O3. The summed E-state index contributed by atoms with van der Waals surface area (Å²) in [5.41, 5.74) is 0. The van der Waals surface area contributed by atoms with Gasteiger partial charge in [0, 0.05) is 32.7 Å². The second-order valence-corrected chi connectivity index (χ2v) is 8.00. The normalized spacial score (nSPS) is 26.0. The predicted octanol–water partition coefficient (Wildman–Crippen LogP) is 1.34. The Morgan fingerprint density at radius 1 is 1.00 bits per heavy atom. The number of imide groups is 1. The molecule has 0 aliphatic carbocycles. The number of carbonyl (C=O) groups is 2. The molecule has 2 atom stereocenters. The first-order valence-corrected chi connectivity index (χ1v) is 10.4. The number of piperazine rings is 1. The molecule has 1 aromatic rings. The minimum Gasteiger partial charge on any atom is -0.355 e. The number of rotatable bonds is 6. The van der Waals surface area contributed by atoms with E-state index in [0.29, 0.717) is 11.7 Å². The number of aromatic nitrogens is 2. The van der Waals surface area contributed by atoms with E-state index in [1.54, 1.807) is 12.4 Å². The van der Waals surface area contributed by atoms with Crippen LogP contribution in [-0.2, 0) is 14.3 Å². The fourth-order valence-electron chi connectivity index (χ4n) is 4.15. The van der Waals surface area contributed by atoms with Crippen LogP contribution in [0.1, 0.15) is 32.1 Å². The van der Waals surface area contributed by atoms with Gasteiger partial charge in [0.2, 0.25) is 0 Å².